The summed E-state index contributed by atoms with van der Waals surface area (Å²) in [6.45, 7) is 4.77. The highest BCUT2D eigenvalue weighted by Crippen LogP contribution is 2.26. The molecule has 0 amide bonds. The van der Waals surface area contributed by atoms with Gasteiger partial charge in [0.05, 0.1) is 12.2 Å². The van der Waals surface area contributed by atoms with E-state index in [2.05, 4.69) is 50.1 Å². The van der Waals surface area contributed by atoms with Gasteiger partial charge in [-0.2, -0.15) is 4.98 Å². The van der Waals surface area contributed by atoms with Crippen LogP contribution in [0.4, 0.5) is 5.95 Å². The largest absolute Gasteiger partial charge is 0.327 e. The summed E-state index contributed by atoms with van der Waals surface area (Å²) < 4.78 is 2.09. The zero-order valence-corrected chi connectivity index (χ0v) is 11.6. The molecule has 0 saturated carbocycles. The first-order valence-corrected chi connectivity index (χ1v) is 6.79. The van der Waals surface area contributed by atoms with Crippen LogP contribution in [0.1, 0.15) is 5.56 Å². The quantitative estimate of drug-likeness (QED) is 0.718. The monoisotopic (exact) mass is 268 g/mol. The summed E-state index contributed by atoms with van der Waals surface area (Å²) in [6, 6.07) is 6.37. The average molecular weight is 268 g/mol. The molecule has 1 aliphatic heterocycles. The highest BCUT2D eigenvalue weighted by atomic mass is 15.4. The van der Waals surface area contributed by atoms with Crippen molar-refractivity contribution in [2.45, 2.75) is 6.92 Å². The molecule has 0 radical (unpaired) electrons. The van der Waals surface area contributed by atoms with Crippen molar-refractivity contribution in [3.05, 3.63) is 23.8 Å². The standard InChI is InChI=1S/C14H16N6/c1-9-3-4-11-10(7-9)12-13(19(11)2)16-14(18-17-12)20-6-5-15-8-20/h3-4,7,15H,5-6,8H2,1-2H3. The molecule has 1 fully saturated rings. The molecule has 3 heterocycles. The minimum atomic E-state index is 0.699. The van der Waals surface area contributed by atoms with E-state index in [0.717, 1.165) is 41.8 Å². The van der Waals surface area contributed by atoms with Gasteiger partial charge in [0.25, 0.3) is 0 Å². The number of rotatable bonds is 1. The van der Waals surface area contributed by atoms with Gasteiger partial charge < -0.3 is 9.47 Å². The van der Waals surface area contributed by atoms with Crippen molar-refractivity contribution < 1.29 is 0 Å². The summed E-state index contributed by atoms with van der Waals surface area (Å²) in [5, 5.41) is 13.1. The zero-order chi connectivity index (χ0) is 13.7. The van der Waals surface area contributed by atoms with Crippen LogP contribution in [-0.2, 0) is 7.05 Å². The second-order valence-electron chi connectivity index (χ2n) is 5.29. The molecule has 1 aliphatic rings. The summed E-state index contributed by atoms with van der Waals surface area (Å²) in [5.74, 6) is 0.699. The van der Waals surface area contributed by atoms with Gasteiger partial charge in [-0.3, -0.25) is 5.32 Å². The fraction of sp³-hybridized carbons (Fsp3) is 0.357. The predicted molar refractivity (Wildman–Crippen MR) is 78.8 cm³/mol. The molecule has 0 spiro atoms. The van der Waals surface area contributed by atoms with Gasteiger partial charge in [-0.25, -0.2) is 0 Å². The van der Waals surface area contributed by atoms with Crippen LogP contribution >= 0.6 is 0 Å². The summed E-state index contributed by atoms with van der Waals surface area (Å²) in [5.41, 5.74) is 4.13. The van der Waals surface area contributed by atoms with Crippen molar-refractivity contribution in [1.29, 1.82) is 0 Å². The summed E-state index contributed by atoms with van der Waals surface area (Å²) in [7, 11) is 2.03. The van der Waals surface area contributed by atoms with E-state index in [1.54, 1.807) is 0 Å². The van der Waals surface area contributed by atoms with Gasteiger partial charge in [0.2, 0.25) is 5.95 Å². The summed E-state index contributed by atoms with van der Waals surface area (Å²) in [4.78, 5) is 6.81. The Morgan fingerprint density at radius 2 is 2.15 bits per heavy atom. The highest BCUT2D eigenvalue weighted by molar-refractivity contribution is 6.04. The first kappa shape index (κ1) is 11.6. The maximum Gasteiger partial charge on any atom is 0.248 e. The zero-order valence-electron chi connectivity index (χ0n) is 11.6. The Labute approximate surface area is 116 Å². The first-order chi connectivity index (χ1) is 9.74. The molecule has 6 nitrogen and oxygen atoms in total. The molecule has 0 unspecified atom stereocenters. The Kier molecular flexibility index (Phi) is 2.40. The third-order valence-corrected chi connectivity index (χ3v) is 3.89. The number of fused-ring (bicyclic) bond motifs is 3. The minimum Gasteiger partial charge on any atom is -0.327 e. The number of hydrogen-bond donors (Lipinski definition) is 1. The smallest absolute Gasteiger partial charge is 0.248 e. The number of anilines is 1. The Morgan fingerprint density at radius 3 is 2.95 bits per heavy atom. The predicted octanol–water partition coefficient (Wildman–Crippen LogP) is 1.19. The number of nitrogens with one attached hydrogen (secondary N) is 1. The third kappa shape index (κ3) is 1.58. The van der Waals surface area contributed by atoms with Crippen molar-refractivity contribution in [1.82, 2.24) is 25.1 Å². The molecule has 20 heavy (non-hydrogen) atoms. The Hall–Kier alpha value is -2.21. The molecule has 2 aromatic heterocycles. The lowest BCUT2D eigenvalue weighted by Crippen LogP contribution is -2.23. The van der Waals surface area contributed by atoms with E-state index in [-0.39, 0.29) is 0 Å². The summed E-state index contributed by atoms with van der Waals surface area (Å²) >= 11 is 0. The van der Waals surface area contributed by atoms with E-state index < -0.39 is 0 Å². The number of aryl methyl sites for hydroxylation is 2. The maximum absolute atomic E-state index is 4.70. The van der Waals surface area contributed by atoms with E-state index in [1.165, 1.54) is 5.56 Å². The third-order valence-electron chi connectivity index (χ3n) is 3.89. The van der Waals surface area contributed by atoms with Crippen LogP contribution in [-0.4, -0.2) is 39.5 Å². The fourth-order valence-corrected chi connectivity index (χ4v) is 2.78. The molecule has 1 aromatic carbocycles. The number of aromatic nitrogens is 4. The first-order valence-electron chi connectivity index (χ1n) is 6.79. The van der Waals surface area contributed by atoms with Gasteiger partial charge in [-0.05, 0) is 19.1 Å². The maximum atomic E-state index is 4.70. The van der Waals surface area contributed by atoms with Crippen molar-refractivity contribution in [3.8, 4) is 0 Å². The molecular weight excluding hydrogens is 252 g/mol. The van der Waals surface area contributed by atoms with Crippen LogP contribution in [0.25, 0.3) is 22.1 Å². The topological polar surface area (TPSA) is 58.9 Å². The lowest BCUT2D eigenvalue weighted by Gasteiger charge is -2.12. The van der Waals surface area contributed by atoms with Crippen LogP contribution in [0.3, 0.4) is 0 Å². The number of nitrogens with zero attached hydrogens (tertiary/aromatic N) is 5. The average Bonchev–Trinajstić information content (AvgIpc) is 3.07. The van der Waals surface area contributed by atoms with Crippen LogP contribution in [0.5, 0.6) is 0 Å². The highest BCUT2D eigenvalue weighted by Gasteiger charge is 2.18. The van der Waals surface area contributed by atoms with Crippen LogP contribution < -0.4 is 10.2 Å². The lowest BCUT2D eigenvalue weighted by atomic mass is 10.2. The van der Waals surface area contributed by atoms with E-state index in [0.29, 0.717) is 5.95 Å². The van der Waals surface area contributed by atoms with E-state index in [9.17, 15) is 0 Å². The molecule has 3 aromatic rings. The molecule has 0 aliphatic carbocycles. The van der Waals surface area contributed by atoms with Gasteiger partial charge in [0.1, 0.15) is 5.52 Å². The number of benzene rings is 1. The summed E-state index contributed by atoms with van der Waals surface area (Å²) in [6.07, 6.45) is 0. The van der Waals surface area contributed by atoms with Crippen molar-refractivity contribution >= 4 is 28.0 Å². The molecule has 1 saturated heterocycles. The second kappa shape index (κ2) is 4.14. The number of hydrogen-bond acceptors (Lipinski definition) is 5. The van der Waals surface area contributed by atoms with Crippen molar-refractivity contribution in [2.24, 2.45) is 7.05 Å². The van der Waals surface area contributed by atoms with Crippen molar-refractivity contribution in [2.75, 3.05) is 24.7 Å². The van der Waals surface area contributed by atoms with Crippen LogP contribution in [0.15, 0.2) is 18.2 Å². The van der Waals surface area contributed by atoms with E-state index >= 15 is 0 Å². The second-order valence-corrected chi connectivity index (χ2v) is 5.29. The molecular formula is C14H16N6. The van der Waals surface area contributed by atoms with E-state index in [4.69, 9.17) is 4.98 Å². The van der Waals surface area contributed by atoms with Gasteiger partial charge in [0, 0.05) is 25.5 Å². The van der Waals surface area contributed by atoms with Gasteiger partial charge in [0.15, 0.2) is 5.65 Å². The Morgan fingerprint density at radius 1 is 1.25 bits per heavy atom. The minimum absolute atomic E-state index is 0.699. The Bertz CT molecular complexity index is 800. The van der Waals surface area contributed by atoms with E-state index in [1.807, 2.05) is 7.05 Å². The van der Waals surface area contributed by atoms with Gasteiger partial charge in [-0.1, -0.05) is 11.6 Å². The van der Waals surface area contributed by atoms with Gasteiger partial charge in [-0.15, -0.1) is 10.2 Å². The molecule has 6 heteroatoms. The van der Waals surface area contributed by atoms with Gasteiger partial charge >= 0.3 is 0 Å². The van der Waals surface area contributed by atoms with Crippen molar-refractivity contribution in [3.63, 3.8) is 0 Å². The Balaban J connectivity index is 1.98. The normalized spacial score (nSPS) is 15.6. The van der Waals surface area contributed by atoms with Crippen LogP contribution in [0.2, 0.25) is 0 Å². The molecule has 1 N–H and O–H groups in total. The molecule has 0 bridgehead atoms. The molecule has 0 atom stereocenters. The molecule has 4 rings (SSSR count). The van der Waals surface area contributed by atoms with Crippen LogP contribution in [0, 0.1) is 6.92 Å². The fourth-order valence-electron chi connectivity index (χ4n) is 2.78. The SMILES string of the molecule is Cc1ccc2c(c1)c1nnc(N3CCNC3)nc1n2C. The molecule has 102 valence electrons. The lowest BCUT2D eigenvalue weighted by molar-refractivity contribution is 0.823.